The van der Waals surface area contributed by atoms with Crippen LogP contribution in [-0.2, 0) is 9.53 Å². The normalized spacial score (nSPS) is 13.2. The third-order valence-electron chi connectivity index (χ3n) is 3.02. The number of rotatable bonds is 6. The van der Waals surface area contributed by atoms with Crippen LogP contribution in [0.3, 0.4) is 0 Å². The van der Waals surface area contributed by atoms with Crippen LogP contribution in [0.5, 0.6) is 5.75 Å². The van der Waals surface area contributed by atoms with Crippen LogP contribution in [0.25, 0.3) is 0 Å². The van der Waals surface area contributed by atoms with Crippen LogP contribution < -0.4 is 4.74 Å². The molecular weight excluding hydrogens is 304 g/mol. The first-order valence-corrected chi connectivity index (χ1v) is 7.31. The van der Waals surface area contributed by atoms with Crippen LogP contribution >= 0.6 is 11.6 Å². The Morgan fingerprint density at radius 3 is 2.36 bits per heavy atom. The minimum absolute atomic E-state index is 0.209. The van der Waals surface area contributed by atoms with Crippen LogP contribution in [0, 0.1) is 0 Å². The zero-order valence-corrected chi connectivity index (χ0v) is 12.9. The van der Waals surface area contributed by atoms with Gasteiger partial charge in [-0.2, -0.15) is 0 Å². The molecule has 2 atom stereocenters. The molecule has 116 valence electrons. The molecule has 1 N–H and O–H groups in total. The number of aliphatic hydroxyl groups excluding tert-OH is 1. The molecule has 0 fully saturated rings. The lowest BCUT2D eigenvalue weighted by molar-refractivity contribution is -0.157. The Morgan fingerprint density at radius 1 is 1.14 bits per heavy atom. The van der Waals surface area contributed by atoms with Gasteiger partial charge in [-0.3, -0.25) is 0 Å². The average Bonchev–Trinajstić information content (AvgIpc) is 2.54. The molecule has 0 aliphatic rings. The van der Waals surface area contributed by atoms with E-state index in [1.165, 1.54) is 0 Å². The van der Waals surface area contributed by atoms with Crippen LogP contribution in [0.2, 0.25) is 5.02 Å². The zero-order chi connectivity index (χ0) is 15.9. The van der Waals surface area contributed by atoms with E-state index in [0.717, 1.165) is 0 Å². The number of esters is 1. The van der Waals surface area contributed by atoms with E-state index < -0.39 is 18.2 Å². The molecule has 0 aliphatic carbocycles. The minimum atomic E-state index is -1.15. The third-order valence-corrected chi connectivity index (χ3v) is 3.28. The molecule has 0 saturated heterocycles. The lowest BCUT2D eigenvalue weighted by Gasteiger charge is -2.23. The van der Waals surface area contributed by atoms with Gasteiger partial charge in [-0.25, -0.2) is 4.79 Å². The Morgan fingerprint density at radius 2 is 1.77 bits per heavy atom. The number of carbonyl (C=O) groups excluding carboxylic acids is 1. The average molecular weight is 321 g/mol. The van der Waals surface area contributed by atoms with Gasteiger partial charge in [0.25, 0.3) is 0 Å². The van der Waals surface area contributed by atoms with Crippen LogP contribution in [0.1, 0.15) is 18.6 Å². The fourth-order valence-corrected chi connectivity index (χ4v) is 2.08. The van der Waals surface area contributed by atoms with E-state index in [1.54, 1.807) is 55.5 Å². The Balaban J connectivity index is 2.22. The van der Waals surface area contributed by atoms with Crippen LogP contribution in [0.4, 0.5) is 0 Å². The van der Waals surface area contributed by atoms with Gasteiger partial charge in [-0.15, -0.1) is 0 Å². The molecule has 0 amide bonds. The quantitative estimate of drug-likeness (QED) is 0.829. The van der Waals surface area contributed by atoms with E-state index in [9.17, 15) is 9.90 Å². The second-order valence-electron chi connectivity index (χ2n) is 4.60. The first kappa shape index (κ1) is 16.3. The molecular formula is C17H17ClO4. The third kappa shape index (κ3) is 4.23. The largest absolute Gasteiger partial charge is 0.476 e. The van der Waals surface area contributed by atoms with E-state index >= 15 is 0 Å². The highest BCUT2D eigenvalue weighted by molar-refractivity contribution is 6.30. The standard InChI is InChI=1S/C17H17ClO4/c1-2-21-17(20)16(15(19)12-6-4-3-5-7-12)22-14-10-8-13(18)9-11-14/h3-11,15-16,19H,2H2,1H3/t15-,16-/m0/s1. The van der Waals surface area contributed by atoms with E-state index in [4.69, 9.17) is 21.1 Å². The molecule has 22 heavy (non-hydrogen) atoms. The number of hydrogen-bond acceptors (Lipinski definition) is 4. The summed E-state index contributed by atoms with van der Waals surface area (Å²) in [6, 6.07) is 15.4. The van der Waals surface area contributed by atoms with Gasteiger partial charge in [0.05, 0.1) is 6.61 Å². The summed E-state index contributed by atoms with van der Waals surface area (Å²) in [5.74, 6) is -0.189. The van der Waals surface area contributed by atoms with Crippen molar-refractivity contribution >= 4 is 17.6 Å². The van der Waals surface area contributed by atoms with Gasteiger partial charge >= 0.3 is 5.97 Å². The zero-order valence-electron chi connectivity index (χ0n) is 12.1. The Bertz CT molecular complexity index is 598. The van der Waals surface area contributed by atoms with Crippen molar-refractivity contribution in [3.63, 3.8) is 0 Å². The number of benzene rings is 2. The SMILES string of the molecule is CCOC(=O)[C@@H](Oc1ccc(Cl)cc1)[C@@H](O)c1ccccc1. The smallest absolute Gasteiger partial charge is 0.350 e. The minimum Gasteiger partial charge on any atom is -0.476 e. The molecule has 2 rings (SSSR count). The Hall–Kier alpha value is -2.04. The Kier molecular flexibility index (Phi) is 5.81. The maximum Gasteiger partial charge on any atom is 0.350 e. The highest BCUT2D eigenvalue weighted by atomic mass is 35.5. The molecule has 2 aromatic rings. The fraction of sp³-hybridized carbons (Fsp3) is 0.235. The van der Waals surface area contributed by atoms with Gasteiger partial charge in [-0.05, 0) is 36.8 Å². The molecule has 0 aliphatic heterocycles. The van der Waals surface area contributed by atoms with Crippen molar-refractivity contribution < 1.29 is 19.4 Å². The Labute approximate surface area is 134 Å². The van der Waals surface area contributed by atoms with Gasteiger partial charge in [0.1, 0.15) is 11.9 Å². The summed E-state index contributed by atoms with van der Waals surface area (Å²) < 4.78 is 10.6. The molecule has 2 aromatic carbocycles. The summed E-state index contributed by atoms with van der Waals surface area (Å²) in [4.78, 5) is 12.1. The number of halogens is 1. The highest BCUT2D eigenvalue weighted by Crippen LogP contribution is 2.24. The molecule has 4 nitrogen and oxygen atoms in total. The lowest BCUT2D eigenvalue weighted by atomic mass is 10.0. The van der Waals surface area contributed by atoms with Crippen molar-refractivity contribution in [2.75, 3.05) is 6.61 Å². The number of hydrogen-bond donors (Lipinski definition) is 1. The number of carbonyl (C=O) groups is 1. The van der Waals surface area contributed by atoms with Crippen LogP contribution in [-0.4, -0.2) is 23.8 Å². The topological polar surface area (TPSA) is 55.8 Å². The highest BCUT2D eigenvalue weighted by Gasteiger charge is 2.31. The summed E-state index contributed by atoms with van der Waals surface area (Å²) >= 11 is 5.82. The molecule has 0 spiro atoms. The number of aliphatic hydroxyl groups is 1. The summed E-state index contributed by atoms with van der Waals surface area (Å²) in [7, 11) is 0. The van der Waals surface area contributed by atoms with Gasteiger partial charge in [0.15, 0.2) is 0 Å². The van der Waals surface area contributed by atoms with Gasteiger partial charge < -0.3 is 14.6 Å². The summed E-state index contributed by atoms with van der Waals surface area (Å²) in [5.41, 5.74) is 0.578. The summed E-state index contributed by atoms with van der Waals surface area (Å²) in [5, 5.41) is 11.0. The van der Waals surface area contributed by atoms with Gasteiger partial charge in [0.2, 0.25) is 6.10 Å². The number of ether oxygens (including phenoxy) is 2. The fourth-order valence-electron chi connectivity index (χ4n) is 1.95. The predicted octanol–water partition coefficient (Wildman–Crippen LogP) is 3.38. The summed E-state index contributed by atoms with van der Waals surface area (Å²) in [6.45, 7) is 1.91. The van der Waals surface area contributed by atoms with Crippen molar-refractivity contribution in [1.82, 2.24) is 0 Å². The molecule has 0 aromatic heterocycles. The summed E-state index contributed by atoms with van der Waals surface area (Å²) in [6.07, 6.45) is -2.28. The molecule has 0 saturated carbocycles. The molecule has 5 heteroatoms. The second-order valence-corrected chi connectivity index (χ2v) is 5.04. The molecule has 0 unspecified atom stereocenters. The van der Waals surface area contributed by atoms with Crippen molar-refractivity contribution in [2.24, 2.45) is 0 Å². The lowest BCUT2D eigenvalue weighted by Crippen LogP contribution is -2.35. The second kappa shape index (κ2) is 7.82. The van der Waals surface area contributed by atoms with Crippen molar-refractivity contribution in [2.45, 2.75) is 19.1 Å². The molecule has 0 bridgehead atoms. The van der Waals surface area contributed by atoms with Crippen molar-refractivity contribution in [3.8, 4) is 5.75 Å². The maximum absolute atomic E-state index is 12.1. The predicted molar refractivity (Wildman–Crippen MR) is 83.9 cm³/mol. The van der Waals surface area contributed by atoms with Crippen LogP contribution in [0.15, 0.2) is 54.6 Å². The van der Waals surface area contributed by atoms with Crippen molar-refractivity contribution in [1.29, 1.82) is 0 Å². The first-order valence-electron chi connectivity index (χ1n) is 6.93. The first-order chi connectivity index (χ1) is 10.6. The van der Waals surface area contributed by atoms with E-state index in [2.05, 4.69) is 0 Å². The molecule has 0 heterocycles. The molecule has 0 radical (unpaired) electrons. The van der Waals surface area contributed by atoms with E-state index in [-0.39, 0.29) is 6.61 Å². The van der Waals surface area contributed by atoms with E-state index in [1.807, 2.05) is 6.07 Å². The van der Waals surface area contributed by atoms with Gasteiger partial charge in [0, 0.05) is 5.02 Å². The maximum atomic E-state index is 12.1. The monoisotopic (exact) mass is 320 g/mol. The van der Waals surface area contributed by atoms with Crippen molar-refractivity contribution in [3.05, 3.63) is 65.2 Å². The van der Waals surface area contributed by atoms with E-state index in [0.29, 0.717) is 16.3 Å². The van der Waals surface area contributed by atoms with Gasteiger partial charge in [-0.1, -0.05) is 41.9 Å².